The monoisotopic (exact) mass is 895 g/mol. The van der Waals surface area contributed by atoms with Crippen molar-refractivity contribution in [3.8, 4) is 0 Å². The molecule has 0 N–H and O–H groups in total. The quantitative estimate of drug-likeness (QED) is 0.0715. The van der Waals surface area contributed by atoms with Gasteiger partial charge in [-0.1, -0.05) is 40.5 Å². The van der Waals surface area contributed by atoms with Crippen LogP contribution in [0.3, 0.4) is 0 Å². The highest BCUT2D eigenvalue weighted by atomic mass is 16.7. The lowest BCUT2D eigenvalue weighted by Gasteiger charge is -2.53. The third-order valence-corrected chi connectivity index (χ3v) is 14.6. The van der Waals surface area contributed by atoms with E-state index >= 15 is 0 Å². The van der Waals surface area contributed by atoms with Gasteiger partial charge in [0.05, 0.1) is 56.7 Å². The molecule has 0 bridgehead atoms. The summed E-state index contributed by atoms with van der Waals surface area (Å²) in [6.45, 7) is 28.8. The third kappa shape index (κ3) is 14.2. The molecule has 0 saturated carbocycles. The predicted octanol–water partition coefficient (Wildman–Crippen LogP) is 7.51. The average molecular weight is 895 g/mol. The van der Waals surface area contributed by atoms with Crippen LogP contribution < -0.4 is 0 Å². The lowest BCUT2D eigenvalue weighted by molar-refractivity contribution is -0.337. The van der Waals surface area contributed by atoms with Crippen molar-refractivity contribution in [1.29, 1.82) is 0 Å². The van der Waals surface area contributed by atoms with Crippen molar-refractivity contribution in [2.45, 2.75) is 201 Å². The Morgan fingerprint density at radius 3 is 1.30 bits per heavy atom. The molecule has 1 spiro atoms. The second-order valence-corrected chi connectivity index (χ2v) is 23.6. The SMILES string of the molecule is COCC(C)(C)C1OCC2(CO1)COC(C(C)(C)COC(=O)CC(CCCCC(CC(C)=O)C(=O)OC1CC(C)(C)N(C)C(C)(C)C1)C(=O)OC1CC(C)(C)N(C)C(C)(C)C1)OC2. The number of carbonyl (C=O) groups excluding carboxylic acids is 4. The van der Waals surface area contributed by atoms with Gasteiger partial charge < -0.3 is 42.7 Å². The molecule has 0 aliphatic carbocycles. The number of hydrogen-bond acceptors (Lipinski definition) is 14. The number of ketones is 1. The molecule has 0 aromatic carbocycles. The van der Waals surface area contributed by atoms with Crippen LogP contribution in [0, 0.1) is 28.1 Å². The van der Waals surface area contributed by atoms with Gasteiger partial charge in [0.2, 0.25) is 0 Å². The first-order chi connectivity index (χ1) is 28.9. The van der Waals surface area contributed by atoms with E-state index in [1.807, 2.05) is 27.7 Å². The highest BCUT2D eigenvalue weighted by Gasteiger charge is 2.49. The molecular weight excluding hydrogens is 809 g/mol. The number of piperidine rings is 2. The van der Waals surface area contributed by atoms with Crippen molar-refractivity contribution < 1.29 is 57.1 Å². The lowest BCUT2D eigenvalue weighted by atomic mass is 9.78. The molecule has 14 nitrogen and oxygen atoms in total. The number of hydrogen-bond donors (Lipinski definition) is 0. The van der Waals surface area contributed by atoms with Crippen LogP contribution in [-0.2, 0) is 57.1 Å². The Hall–Kier alpha value is -2.20. The van der Waals surface area contributed by atoms with Gasteiger partial charge in [-0.05, 0) is 89.3 Å². The number of esters is 3. The molecular formula is C49H86N2O12. The van der Waals surface area contributed by atoms with Crippen molar-refractivity contribution in [2.24, 2.45) is 28.1 Å². The number of Topliss-reactive ketones (excluding diaryl/α,β-unsaturated/α-hetero) is 1. The van der Waals surface area contributed by atoms with Gasteiger partial charge in [0, 0.05) is 72.2 Å². The molecule has 0 radical (unpaired) electrons. The van der Waals surface area contributed by atoms with Crippen LogP contribution in [-0.4, -0.2) is 141 Å². The highest BCUT2D eigenvalue weighted by Crippen LogP contribution is 2.42. The minimum Gasteiger partial charge on any atom is -0.465 e. The molecule has 63 heavy (non-hydrogen) atoms. The summed E-state index contributed by atoms with van der Waals surface area (Å²) in [4.78, 5) is 58.3. The molecule has 0 aromatic heterocycles. The topological polar surface area (TPSA) is 149 Å². The van der Waals surface area contributed by atoms with Gasteiger partial charge in [0.1, 0.15) is 24.6 Å². The number of unbranched alkanes of at least 4 members (excludes halogenated alkanes) is 1. The van der Waals surface area contributed by atoms with E-state index in [9.17, 15) is 19.2 Å². The normalized spacial score (nSPS) is 27.9. The first-order valence-corrected chi connectivity index (χ1v) is 23.4. The fourth-order valence-corrected chi connectivity index (χ4v) is 10.3. The van der Waals surface area contributed by atoms with E-state index in [0.717, 1.165) is 0 Å². The molecule has 14 heteroatoms. The van der Waals surface area contributed by atoms with Crippen molar-refractivity contribution in [3.05, 3.63) is 0 Å². The average Bonchev–Trinajstić information content (AvgIpc) is 3.15. The molecule has 0 aromatic rings. The van der Waals surface area contributed by atoms with Gasteiger partial charge in [-0.2, -0.15) is 0 Å². The van der Waals surface area contributed by atoms with E-state index in [0.29, 0.717) is 84.4 Å². The number of rotatable bonds is 19. The fourth-order valence-electron chi connectivity index (χ4n) is 10.3. The number of methoxy groups -OCH3 is 1. The first kappa shape index (κ1) is 53.4. The Kier molecular flexibility index (Phi) is 17.6. The smallest absolute Gasteiger partial charge is 0.309 e. The van der Waals surface area contributed by atoms with E-state index in [-0.39, 0.29) is 71.0 Å². The second kappa shape index (κ2) is 20.8. The summed E-state index contributed by atoms with van der Waals surface area (Å²) < 4.78 is 48.3. The molecule has 364 valence electrons. The van der Waals surface area contributed by atoms with Crippen LogP contribution in [0.2, 0.25) is 0 Å². The number of carbonyl (C=O) groups is 4. The molecule has 4 aliphatic heterocycles. The molecule has 2 unspecified atom stereocenters. The molecule has 4 rings (SSSR count). The number of nitrogens with zero attached hydrogens (tertiary/aromatic N) is 2. The number of ether oxygens (including phenoxy) is 8. The Balaban J connectivity index is 1.36. The van der Waals surface area contributed by atoms with Crippen LogP contribution in [0.25, 0.3) is 0 Å². The Bertz CT molecular complexity index is 1520. The minimum atomic E-state index is -0.751. The van der Waals surface area contributed by atoms with Crippen molar-refractivity contribution in [3.63, 3.8) is 0 Å². The minimum absolute atomic E-state index is 0.0172. The highest BCUT2D eigenvalue weighted by molar-refractivity contribution is 5.83. The van der Waals surface area contributed by atoms with Gasteiger partial charge in [-0.25, -0.2) is 0 Å². The van der Waals surface area contributed by atoms with Crippen LogP contribution in [0.4, 0.5) is 0 Å². The van der Waals surface area contributed by atoms with Crippen LogP contribution >= 0.6 is 0 Å². The zero-order valence-electron chi connectivity index (χ0n) is 42.1. The lowest BCUT2D eigenvalue weighted by Crippen LogP contribution is -2.60. The molecule has 4 aliphatic rings. The van der Waals surface area contributed by atoms with Gasteiger partial charge in [0.15, 0.2) is 12.6 Å². The van der Waals surface area contributed by atoms with Crippen molar-refractivity contribution >= 4 is 23.7 Å². The van der Waals surface area contributed by atoms with E-state index < -0.39 is 47.2 Å². The molecule has 0 amide bonds. The van der Waals surface area contributed by atoms with Crippen LogP contribution in [0.1, 0.15) is 154 Å². The van der Waals surface area contributed by atoms with E-state index in [1.165, 1.54) is 6.92 Å². The van der Waals surface area contributed by atoms with Crippen molar-refractivity contribution in [1.82, 2.24) is 9.80 Å². The zero-order valence-corrected chi connectivity index (χ0v) is 42.1. The largest absolute Gasteiger partial charge is 0.465 e. The Labute approximate surface area is 379 Å². The van der Waals surface area contributed by atoms with E-state index in [2.05, 4.69) is 79.3 Å². The molecule has 2 atom stereocenters. The Morgan fingerprint density at radius 2 is 0.952 bits per heavy atom. The standard InChI is InChI=1S/C49H86N2O12/c1-33(52)21-34(39(54)62-36-23-45(6,7)50(14)46(8,9)24-36)19-17-18-20-35(40(55)63-37-25-47(10,11)51(15)48(12,13)26-37)22-38(53)57-28-44(4,5)42-60-31-49(32-61-42)29-58-41(59-30-49)43(2,3)27-56-16/h34-37,41-42H,17-32H2,1-16H3. The maximum atomic E-state index is 14.1. The summed E-state index contributed by atoms with van der Waals surface area (Å²) in [5.41, 5.74) is -2.16. The number of likely N-dealkylation sites (tertiary alicyclic amines) is 2. The van der Waals surface area contributed by atoms with Gasteiger partial charge in [-0.15, -0.1) is 0 Å². The van der Waals surface area contributed by atoms with Crippen LogP contribution in [0.5, 0.6) is 0 Å². The van der Waals surface area contributed by atoms with Gasteiger partial charge in [-0.3, -0.25) is 24.2 Å². The molecule has 4 fully saturated rings. The van der Waals surface area contributed by atoms with Gasteiger partial charge >= 0.3 is 17.9 Å². The maximum absolute atomic E-state index is 14.1. The van der Waals surface area contributed by atoms with Gasteiger partial charge in [0.25, 0.3) is 0 Å². The second-order valence-electron chi connectivity index (χ2n) is 23.6. The summed E-state index contributed by atoms with van der Waals surface area (Å²) >= 11 is 0. The summed E-state index contributed by atoms with van der Waals surface area (Å²) in [6.07, 6.45) is 2.98. The zero-order chi connectivity index (χ0) is 47.4. The summed E-state index contributed by atoms with van der Waals surface area (Å²) in [5, 5.41) is 0. The predicted molar refractivity (Wildman–Crippen MR) is 240 cm³/mol. The Morgan fingerprint density at radius 1 is 0.603 bits per heavy atom. The van der Waals surface area contributed by atoms with Crippen LogP contribution in [0.15, 0.2) is 0 Å². The first-order valence-electron chi connectivity index (χ1n) is 23.4. The van der Waals surface area contributed by atoms with E-state index in [1.54, 1.807) is 7.11 Å². The summed E-state index contributed by atoms with van der Waals surface area (Å²) in [5.74, 6) is -2.70. The van der Waals surface area contributed by atoms with E-state index in [4.69, 9.17) is 37.9 Å². The summed E-state index contributed by atoms with van der Waals surface area (Å²) in [6, 6.07) is 0. The maximum Gasteiger partial charge on any atom is 0.309 e. The third-order valence-electron chi connectivity index (χ3n) is 14.6. The summed E-state index contributed by atoms with van der Waals surface area (Å²) in [7, 11) is 5.87. The molecule has 4 heterocycles. The molecule has 4 saturated heterocycles. The van der Waals surface area contributed by atoms with Crippen molar-refractivity contribution in [2.75, 3.05) is 60.8 Å². The fraction of sp³-hybridized carbons (Fsp3) is 0.918.